The van der Waals surface area contributed by atoms with Crippen molar-refractivity contribution in [3.8, 4) is 0 Å². The van der Waals surface area contributed by atoms with Gasteiger partial charge in [-0.05, 0) is 40.1 Å². The molecule has 2 unspecified atom stereocenters. The average Bonchev–Trinajstić information content (AvgIpc) is 2.08. The van der Waals surface area contributed by atoms with E-state index < -0.39 is 4.51 Å². The van der Waals surface area contributed by atoms with Crippen molar-refractivity contribution in [2.75, 3.05) is 7.11 Å². The summed E-state index contributed by atoms with van der Waals surface area (Å²) in [5.41, 5.74) is 1.10. The van der Waals surface area contributed by atoms with Gasteiger partial charge in [-0.15, -0.1) is 6.58 Å². The Morgan fingerprint density at radius 3 is 3.08 bits per heavy atom. The number of allylic oxidation sites excluding steroid dienone is 3. The van der Waals surface area contributed by atoms with Crippen LogP contribution in [0.2, 0.25) is 0 Å². The van der Waals surface area contributed by atoms with Crippen molar-refractivity contribution in [1.82, 2.24) is 0 Å². The van der Waals surface area contributed by atoms with E-state index in [1.807, 2.05) is 18.2 Å². The molecule has 3 heteroatoms. The number of hydrogen-bond acceptors (Lipinski definition) is 2. The van der Waals surface area contributed by atoms with Crippen LogP contribution in [0.4, 0.5) is 0 Å². The van der Waals surface area contributed by atoms with Gasteiger partial charge in [0, 0.05) is 7.11 Å². The zero-order chi connectivity index (χ0) is 9.90. The summed E-state index contributed by atoms with van der Waals surface area (Å²) in [6, 6.07) is 0. The van der Waals surface area contributed by atoms with Crippen molar-refractivity contribution >= 4 is 15.9 Å². The highest BCUT2D eigenvalue weighted by Gasteiger charge is 2.32. The van der Waals surface area contributed by atoms with Gasteiger partial charge in [-0.25, -0.2) is 0 Å². The van der Waals surface area contributed by atoms with Crippen molar-refractivity contribution in [3.05, 3.63) is 36.5 Å². The van der Waals surface area contributed by atoms with Crippen molar-refractivity contribution in [1.29, 1.82) is 0 Å². The van der Waals surface area contributed by atoms with Crippen LogP contribution >= 0.6 is 15.9 Å². The lowest BCUT2D eigenvalue weighted by Crippen LogP contribution is -2.36. The number of halogens is 1. The van der Waals surface area contributed by atoms with Gasteiger partial charge in [0.2, 0.25) is 0 Å². The van der Waals surface area contributed by atoms with Crippen LogP contribution in [0.25, 0.3) is 0 Å². The summed E-state index contributed by atoms with van der Waals surface area (Å²) >= 11 is 3.17. The minimum atomic E-state index is -1.08. The van der Waals surface area contributed by atoms with E-state index >= 15 is 0 Å². The molecule has 0 radical (unpaired) electrons. The Balaban J connectivity index is 2.80. The van der Waals surface area contributed by atoms with Gasteiger partial charge in [-0.2, -0.15) is 0 Å². The van der Waals surface area contributed by atoms with Gasteiger partial charge in [-0.3, -0.25) is 0 Å². The zero-order valence-electron chi connectivity index (χ0n) is 7.53. The maximum Gasteiger partial charge on any atom is 0.168 e. The lowest BCUT2D eigenvalue weighted by Gasteiger charge is -2.28. The van der Waals surface area contributed by atoms with Crippen LogP contribution in [0.1, 0.15) is 6.42 Å². The quantitative estimate of drug-likeness (QED) is 0.609. The van der Waals surface area contributed by atoms with Crippen molar-refractivity contribution < 1.29 is 9.84 Å². The summed E-state index contributed by atoms with van der Waals surface area (Å²) in [5, 5.41) is 9.75. The van der Waals surface area contributed by atoms with Gasteiger partial charge in [-0.1, -0.05) is 12.2 Å². The van der Waals surface area contributed by atoms with Crippen molar-refractivity contribution in [2.45, 2.75) is 17.0 Å². The number of aliphatic hydroxyl groups is 1. The van der Waals surface area contributed by atoms with Crippen LogP contribution in [0.3, 0.4) is 0 Å². The first-order valence-electron chi connectivity index (χ1n) is 4.05. The lowest BCUT2D eigenvalue weighted by atomic mass is 10.00. The van der Waals surface area contributed by atoms with E-state index in [1.165, 1.54) is 0 Å². The molecule has 0 spiro atoms. The van der Waals surface area contributed by atoms with Gasteiger partial charge in [0.1, 0.15) is 6.10 Å². The van der Waals surface area contributed by atoms with Crippen LogP contribution in [0.15, 0.2) is 36.5 Å². The Hall–Kier alpha value is -0.380. The van der Waals surface area contributed by atoms with E-state index in [1.54, 1.807) is 13.2 Å². The Morgan fingerprint density at radius 1 is 1.85 bits per heavy atom. The first-order chi connectivity index (χ1) is 6.10. The van der Waals surface area contributed by atoms with E-state index in [-0.39, 0.29) is 6.10 Å². The molecule has 1 rings (SSSR count). The lowest BCUT2D eigenvalue weighted by molar-refractivity contribution is 0.0244. The van der Waals surface area contributed by atoms with E-state index in [9.17, 15) is 5.11 Å². The van der Waals surface area contributed by atoms with Crippen LogP contribution in [-0.4, -0.2) is 22.8 Å². The highest BCUT2D eigenvalue weighted by Crippen LogP contribution is 2.30. The second kappa shape index (κ2) is 4.22. The van der Waals surface area contributed by atoms with E-state index in [2.05, 4.69) is 22.5 Å². The number of methoxy groups -OCH3 is 1. The molecule has 0 saturated heterocycles. The summed E-state index contributed by atoms with van der Waals surface area (Å²) in [5.74, 6) is 0. The fraction of sp³-hybridized carbons (Fsp3) is 0.400. The molecular weight excluding hydrogens is 232 g/mol. The molecular formula is C10H13BrO2. The monoisotopic (exact) mass is 244 g/mol. The van der Waals surface area contributed by atoms with Crippen LogP contribution in [0.5, 0.6) is 0 Å². The molecule has 0 bridgehead atoms. The smallest absolute Gasteiger partial charge is 0.168 e. The van der Waals surface area contributed by atoms with Gasteiger partial charge in [0.05, 0.1) is 0 Å². The molecule has 1 N–H and O–H groups in total. The minimum Gasteiger partial charge on any atom is -0.373 e. The molecule has 2 atom stereocenters. The third-order valence-electron chi connectivity index (χ3n) is 1.93. The van der Waals surface area contributed by atoms with Crippen molar-refractivity contribution in [2.24, 2.45) is 0 Å². The molecule has 0 fully saturated rings. The molecule has 0 aromatic rings. The molecule has 13 heavy (non-hydrogen) atoms. The van der Waals surface area contributed by atoms with Crippen LogP contribution in [-0.2, 0) is 4.74 Å². The summed E-state index contributed by atoms with van der Waals surface area (Å²) in [4.78, 5) is 0. The summed E-state index contributed by atoms with van der Waals surface area (Å²) < 4.78 is 4.05. The Morgan fingerprint density at radius 2 is 2.54 bits per heavy atom. The second-order valence-electron chi connectivity index (χ2n) is 2.95. The highest BCUT2D eigenvalue weighted by atomic mass is 79.9. The molecule has 0 aromatic heterocycles. The summed E-state index contributed by atoms with van der Waals surface area (Å²) in [6.45, 7) is 3.65. The molecule has 0 saturated carbocycles. The molecule has 0 heterocycles. The van der Waals surface area contributed by atoms with Gasteiger partial charge >= 0.3 is 0 Å². The maximum absolute atomic E-state index is 9.75. The fourth-order valence-electron chi connectivity index (χ4n) is 1.22. The molecule has 0 amide bonds. The Labute approximate surface area is 86.7 Å². The number of rotatable bonds is 3. The third-order valence-corrected chi connectivity index (χ3v) is 2.65. The number of alkyl halides is 1. The number of hydrogen-bond donors (Lipinski definition) is 1. The molecule has 72 valence electrons. The molecule has 2 nitrogen and oxygen atoms in total. The van der Waals surface area contributed by atoms with E-state index in [0.717, 1.165) is 12.0 Å². The van der Waals surface area contributed by atoms with Gasteiger partial charge in [0.25, 0.3) is 0 Å². The van der Waals surface area contributed by atoms with Crippen molar-refractivity contribution in [3.63, 3.8) is 0 Å². The first kappa shape index (κ1) is 10.7. The minimum absolute atomic E-state index is 0.340. The normalized spacial score (nSPS) is 32.8. The van der Waals surface area contributed by atoms with Crippen LogP contribution in [0, 0.1) is 0 Å². The highest BCUT2D eigenvalue weighted by molar-refractivity contribution is 9.10. The fourth-order valence-corrected chi connectivity index (χ4v) is 1.67. The first-order valence-corrected chi connectivity index (χ1v) is 4.84. The van der Waals surface area contributed by atoms with Crippen LogP contribution < -0.4 is 0 Å². The predicted molar refractivity (Wildman–Crippen MR) is 56.7 cm³/mol. The van der Waals surface area contributed by atoms with E-state index in [4.69, 9.17) is 4.74 Å². The molecule has 0 aromatic carbocycles. The topological polar surface area (TPSA) is 29.5 Å². The molecule has 1 aliphatic carbocycles. The Kier molecular flexibility index (Phi) is 3.47. The molecule has 0 aliphatic heterocycles. The van der Waals surface area contributed by atoms with Gasteiger partial charge < -0.3 is 9.84 Å². The molecule has 1 aliphatic rings. The predicted octanol–water partition coefficient (Wildman–Crippen LogP) is 2.16. The SMILES string of the molecule is C=CCC1=CC(OC)C(O)(Br)C=C1. The number of ether oxygens (including phenoxy) is 1. The zero-order valence-corrected chi connectivity index (χ0v) is 9.12. The standard InChI is InChI=1S/C10H13BrO2/c1-3-4-8-5-6-10(11,12)9(7-8)13-2/h3,5-7,9,12H,1,4H2,2H3. The Bertz CT molecular complexity index is 254. The summed E-state index contributed by atoms with van der Waals surface area (Å²) in [6.07, 6.45) is 7.70. The second-order valence-corrected chi connectivity index (χ2v) is 4.22. The third kappa shape index (κ3) is 2.53. The average molecular weight is 245 g/mol. The van der Waals surface area contributed by atoms with Gasteiger partial charge in [0.15, 0.2) is 4.51 Å². The maximum atomic E-state index is 9.75. The van der Waals surface area contributed by atoms with E-state index in [0.29, 0.717) is 0 Å². The summed E-state index contributed by atoms with van der Waals surface area (Å²) in [7, 11) is 1.57. The largest absolute Gasteiger partial charge is 0.373 e.